The van der Waals surface area contributed by atoms with Gasteiger partial charge in [-0.15, -0.1) is 0 Å². The Hall–Kier alpha value is -3.42. The highest BCUT2D eigenvalue weighted by molar-refractivity contribution is 5.96. The minimum atomic E-state index is -1.41. The van der Waals surface area contributed by atoms with Crippen LogP contribution in [0.25, 0.3) is 5.65 Å². The molecule has 2 heterocycles. The summed E-state index contributed by atoms with van der Waals surface area (Å²) in [6.07, 6.45) is 7.93. The predicted molar refractivity (Wildman–Crippen MR) is 128 cm³/mol. The molecule has 35 heavy (non-hydrogen) atoms. The van der Waals surface area contributed by atoms with Crippen LogP contribution < -0.4 is 10.1 Å². The minimum Gasteiger partial charge on any atom is -0.489 e. The van der Waals surface area contributed by atoms with Gasteiger partial charge >= 0.3 is 5.97 Å². The van der Waals surface area contributed by atoms with Gasteiger partial charge in [-0.2, -0.15) is 0 Å². The molecule has 0 aliphatic heterocycles. The van der Waals surface area contributed by atoms with Crippen LogP contribution in [0.1, 0.15) is 66.3 Å². The van der Waals surface area contributed by atoms with E-state index in [0.29, 0.717) is 35.2 Å². The third-order valence-corrected chi connectivity index (χ3v) is 7.61. The van der Waals surface area contributed by atoms with Gasteiger partial charge in [0.2, 0.25) is 0 Å². The highest BCUT2D eigenvalue weighted by Gasteiger charge is 2.50. The van der Waals surface area contributed by atoms with Crippen LogP contribution in [0.5, 0.6) is 5.75 Å². The maximum Gasteiger partial charge on any atom is 0.309 e. The SMILES string of the molecule is Cc1nc2c(OCC3CCCCC3)cccn2c1C(=O)NC1(C)c2c(F)cccc2CC1C(=O)O. The zero-order valence-corrected chi connectivity index (χ0v) is 20.0. The van der Waals surface area contributed by atoms with Crippen LogP contribution in [0.4, 0.5) is 4.39 Å². The molecule has 184 valence electrons. The molecule has 5 rings (SSSR count). The van der Waals surface area contributed by atoms with Crippen LogP contribution in [0.3, 0.4) is 0 Å². The summed E-state index contributed by atoms with van der Waals surface area (Å²) in [6.45, 7) is 3.92. The maximum absolute atomic E-state index is 14.9. The molecule has 2 atom stereocenters. The van der Waals surface area contributed by atoms with E-state index in [0.717, 1.165) is 12.8 Å². The van der Waals surface area contributed by atoms with Gasteiger partial charge in [-0.25, -0.2) is 9.37 Å². The molecule has 1 fully saturated rings. The molecule has 0 radical (unpaired) electrons. The van der Waals surface area contributed by atoms with Gasteiger partial charge < -0.3 is 15.2 Å². The van der Waals surface area contributed by atoms with Crippen molar-refractivity contribution in [2.24, 2.45) is 11.8 Å². The van der Waals surface area contributed by atoms with Crippen LogP contribution in [-0.2, 0) is 16.8 Å². The second-order valence-electron chi connectivity index (χ2n) is 9.95. The van der Waals surface area contributed by atoms with Gasteiger partial charge in [-0.05, 0) is 62.8 Å². The number of imidazole rings is 1. The first-order valence-corrected chi connectivity index (χ1v) is 12.2. The number of carbonyl (C=O) groups is 2. The first-order valence-electron chi connectivity index (χ1n) is 12.2. The van der Waals surface area contributed by atoms with Crippen LogP contribution in [0.2, 0.25) is 0 Å². The monoisotopic (exact) mass is 479 g/mol. The smallest absolute Gasteiger partial charge is 0.309 e. The number of benzene rings is 1. The number of carboxylic acid groups (broad SMARTS) is 1. The molecule has 1 aromatic carbocycles. The lowest BCUT2D eigenvalue weighted by molar-refractivity contribution is -0.144. The number of aliphatic carboxylic acids is 1. The van der Waals surface area contributed by atoms with Crippen LogP contribution in [-0.4, -0.2) is 33.0 Å². The third-order valence-electron chi connectivity index (χ3n) is 7.61. The number of rotatable bonds is 6. The topological polar surface area (TPSA) is 92.9 Å². The number of amides is 1. The average Bonchev–Trinajstić information content (AvgIpc) is 3.33. The molecule has 0 spiro atoms. The summed E-state index contributed by atoms with van der Waals surface area (Å²) in [4.78, 5) is 30.3. The van der Waals surface area contributed by atoms with Crippen molar-refractivity contribution >= 4 is 17.5 Å². The van der Waals surface area contributed by atoms with Crippen molar-refractivity contribution in [3.63, 3.8) is 0 Å². The molecular weight excluding hydrogens is 449 g/mol. The fraction of sp³-hybridized carbons (Fsp3) is 0.444. The molecule has 2 unspecified atom stereocenters. The summed E-state index contributed by atoms with van der Waals surface area (Å²) in [5, 5.41) is 12.7. The molecule has 8 heteroatoms. The number of pyridine rings is 1. The number of aryl methyl sites for hydroxylation is 1. The number of ether oxygens (including phenoxy) is 1. The second kappa shape index (κ2) is 8.98. The molecule has 2 N–H and O–H groups in total. The van der Waals surface area contributed by atoms with Crippen molar-refractivity contribution in [1.29, 1.82) is 0 Å². The van der Waals surface area contributed by atoms with E-state index in [4.69, 9.17) is 4.74 Å². The summed E-state index contributed by atoms with van der Waals surface area (Å²) in [7, 11) is 0. The highest BCUT2D eigenvalue weighted by atomic mass is 19.1. The Morgan fingerprint density at radius 2 is 2.00 bits per heavy atom. The molecule has 2 aliphatic rings. The summed E-state index contributed by atoms with van der Waals surface area (Å²) in [5.74, 6) is -1.99. The fourth-order valence-corrected chi connectivity index (χ4v) is 5.80. The van der Waals surface area contributed by atoms with Crippen molar-refractivity contribution in [1.82, 2.24) is 14.7 Å². The van der Waals surface area contributed by atoms with Gasteiger partial charge in [-0.3, -0.25) is 14.0 Å². The first kappa shape index (κ1) is 23.3. The zero-order chi connectivity index (χ0) is 24.7. The summed E-state index contributed by atoms with van der Waals surface area (Å²) in [6, 6.07) is 8.21. The van der Waals surface area contributed by atoms with Gasteiger partial charge in [0.25, 0.3) is 5.91 Å². The normalized spacial score (nSPS) is 22.2. The number of halogens is 1. The predicted octanol–water partition coefficient (Wildman–Crippen LogP) is 4.64. The molecule has 0 bridgehead atoms. The Morgan fingerprint density at radius 1 is 1.23 bits per heavy atom. The van der Waals surface area contributed by atoms with E-state index in [2.05, 4.69) is 10.3 Å². The Kier molecular flexibility index (Phi) is 5.99. The van der Waals surface area contributed by atoms with Gasteiger partial charge in [0.05, 0.1) is 23.8 Å². The van der Waals surface area contributed by atoms with E-state index >= 15 is 0 Å². The van der Waals surface area contributed by atoms with Crippen LogP contribution >= 0.6 is 0 Å². The van der Waals surface area contributed by atoms with Crippen molar-refractivity contribution < 1.29 is 23.8 Å². The van der Waals surface area contributed by atoms with Crippen molar-refractivity contribution in [2.45, 2.75) is 57.9 Å². The van der Waals surface area contributed by atoms with Crippen LogP contribution in [0.15, 0.2) is 36.5 Å². The highest BCUT2D eigenvalue weighted by Crippen LogP contribution is 2.43. The summed E-state index contributed by atoms with van der Waals surface area (Å²) >= 11 is 0. The zero-order valence-electron chi connectivity index (χ0n) is 20.0. The first-order chi connectivity index (χ1) is 16.8. The molecule has 1 amide bonds. The lowest BCUT2D eigenvalue weighted by atomic mass is 9.85. The number of nitrogens with one attached hydrogen (secondary N) is 1. The number of nitrogens with zero attached hydrogens (tertiary/aromatic N) is 2. The van der Waals surface area contributed by atoms with Gasteiger partial charge in [0, 0.05) is 11.8 Å². The molecular formula is C27H30FN3O4. The molecule has 1 saturated carbocycles. The number of carboxylic acids is 1. The summed E-state index contributed by atoms with van der Waals surface area (Å²) in [5.41, 5.74) is 0.702. The number of aromatic nitrogens is 2. The lowest BCUT2D eigenvalue weighted by Crippen LogP contribution is -2.50. The van der Waals surface area contributed by atoms with Crippen molar-refractivity contribution in [2.75, 3.05) is 6.61 Å². The van der Waals surface area contributed by atoms with E-state index in [1.807, 2.05) is 6.07 Å². The Bertz CT molecular complexity index is 1300. The minimum absolute atomic E-state index is 0.143. The number of hydrogen-bond acceptors (Lipinski definition) is 4. The average molecular weight is 480 g/mol. The third kappa shape index (κ3) is 4.05. The van der Waals surface area contributed by atoms with E-state index < -0.39 is 29.2 Å². The molecule has 2 aromatic heterocycles. The standard InChI is InChI=1S/C27H30FN3O4/c1-16-23(31-13-7-12-21(24(31)29-16)35-15-17-8-4-3-5-9-17)25(32)30-27(2)19(26(33)34)14-18-10-6-11-20(28)22(18)27/h6-7,10-13,17,19H,3-5,8-9,14-15H2,1-2H3,(H,30,32)(H,33,34). The van der Waals surface area contributed by atoms with E-state index in [9.17, 15) is 19.1 Å². The molecule has 3 aromatic rings. The lowest BCUT2D eigenvalue weighted by Gasteiger charge is -2.31. The quantitative estimate of drug-likeness (QED) is 0.537. The molecule has 2 aliphatic carbocycles. The van der Waals surface area contributed by atoms with Gasteiger partial charge in [0.1, 0.15) is 11.5 Å². The van der Waals surface area contributed by atoms with E-state index in [1.165, 1.54) is 25.3 Å². The molecule has 7 nitrogen and oxygen atoms in total. The Labute approximate surface area is 203 Å². The summed E-state index contributed by atoms with van der Waals surface area (Å²) < 4.78 is 22.7. The van der Waals surface area contributed by atoms with Crippen molar-refractivity contribution in [3.05, 3.63) is 64.9 Å². The largest absolute Gasteiger partial charge is 0.489 e. The van der Waals surface area contributed by atoms with E-state index in [1.54, 1.807) is 42.6 Å². The van der Waals surface area contributed by atoms with E-state index in [-0.39, 0.29) is 17.7 Å². The Balaban J connectivity index is 1.46. The fourth-order valence-electron chi connectivity index (χ4n) is 5.80. The van der Waals surface area contributed by atoms with Gasteiger partial charge in [0.15, 0.2) is 11.4 Å². The second-order valence-corrected chi connectivity index (χ2v) is 9.95. The number of hydrogen-bond donors (Lipinski definition) is 2. The number of fused-ring (bicyclic) bond motifs is 2. The maximum atomic E-state index is 14.9. The Morgan fingerprint density at radius 3 is 2.74 bits per heavy atom. The molecule has 0 saturated heterocycles. The van der Waals surface area contributed by atoms with Crippen LogP contribution in [0, 0.1) is 24.6 Å². The van der Waals surface area contributed by atoms with Crippen molar-refractivity contribution in [3.8, 4) is 5.75 Å². The number of carbonyl (C=O) groups excluding carboxylic acids is 1. The van der Waals surface area contributed by atoms with Gasteiger partial charge in [-0.1, -0.05) is 31.4 Å².